The van der Waals surface area contributed by atoms with E-state index in [2.05, 4.69) is 11.1 Å². The van der Waals surface area contributed by atoms with E-state index in [1.807, 2.05) is 35.9 Å². The molecule has 0 saturated carbocycles. The molecule has 0 aliphatic carbocycles. The minimum atomic E-state index is -1.15. The van der Waals surface area contributed by atoms with E-state index >= 15 is 0 Å². The zero-order chi connectivity index (χ0) is 24.7. The lowest BCUT2D eigenvalue weighted by molar-refractivity contribution is 0.579. The van der Waals surface area contributed by atoms with Crippen molar-refractivity contribution >= 4 is 22.5 Å². The number of hydrogen-bond donors (Lipinski definition) is 1. The maximum Gasteiger partial charge on any atom is 0.251 e. The second-order valence-corrected chi connectivity index (χ2v) is 8.88. The quantitative estimate of drug-likeness (QED) is 0.417. The number of benzene rings is 2. The Balaban J connectivity index is 1.84. The van der Waals surface area contributed by atoms with Crippen LogP contribution in [0.2, 0.25) is 5.02 Å². The Morgan fingerprint density at radius 2 is 1.83 bits per heavy atom. The molecular formula is C27H21ClN6O. The van der Waals surface area contributed by atoms with Crippen molar-refractivity contribution in [1.29, 1.82) is 5.26 Å². The Hall–Kier alpha value is -4.25. The molecule has 172 valence electrons. The summed E-state index contributed by atoms with van der Waals surface area (Å²) in [5, 5.41) is 10.8. The van der Waals surface area contributed by atoms with Crippen LogP contribution in [0.1, 0.15) is 22.5 Å². The maximum absolute atomic E-state index is 12.8. The van der Waals surface area contributed by atoms with E-state index in [1.165, 1.54) is 0 Å². The Morgan fingerprint density at radius 3 is 2.51 bits per heavy atom. The third-order valence-electron chi connectivity index (χ3n) is 6.36. The molecule has 35 heavy (non-hydrogen) atoms. The van der Waals surface area contributed by atoms with Gasteiger partial charge in [-0.05, 0) is 47.0 Å². The van der Waals surface area contributed by atoms with Crippen LogP contribution in [-0.4, -0.2) is 19.1 Å². The molecule has 2 aromatic carbocycles. The van der Waals surface area contributed by atoms with Crippen LogP contribution in [0, 0.1) is 11.3 Å². The highest BCUT2D eigenvalue weighted by Crippen LogP contribution is 2.36. The van der Waals surface area contributed by atoms with Crippen LogP contribution in [0.5, 0.6) is 0 Å². The van der Waals surface area contributed by atoms with Gasteiger partial charge in [-0.25, -0.2) is 4.98 Å². The van der Waals surface area contributed by atoms with E-state index in [4.69, 9.17) is 22.3 Å². The molecule has 0 spiro atoms. The lowest BCUT2D eigenvalue weighted by atomic mass is 9.83. The Kier molecular flexibility index (Phi) is 5.48. The van der Waals surface area contributed by atoms with Crippen LogP contribution >= 0.6 is 11.6 Å². The van der Waals surface area contributed by atoms with Gasteiger partial charge < -0.3 is 14.9 Å². The first-order valence-electron chi connectivity index (χ1n) is 10.9. The average molecular weight is 481 g/mol. The molecule has 2 N–H and O–H groups in total. The highest BCUT2D eigenvalue weighted by molar-refractivity contribution is 6.30. The number of hydrogen-bond acceptors (Lipinski definition) is 5. The minimum absolute atomic E-state index is 0.173. The van der Waals surface area contributed by atoms with E-state index < -0.39 is 5.54 Å². The largest absolute Gasteiger partial charge is 0.335 e. The van der Waals surface area contributed by atoms with Gasteiger partial charge in [0.1, 0.15) is 5.54 Å². The molecule has 0 fully saturated rings. The van der Waals surface area contributed by atoms with Crippen molar-refractivity contribution in [2.24, 2.45) is 19.8 Å². The summed E-state index contributed by atoms with van der Waals surface area (Å²) in [6.45, 7) is 0. The van der Waals surface area contributed by atoms with Gasteiger partial charge in [0.2, 0.25) is 0 Å². The summed E-state index contributed by atoms with van der Waals surface area (Å²) in [5.74, 6) is 0. The monoisotopic (exact) mass is 480 g/mol. The number of pyridine rings is 2. The molecule has 7 nitrogen and oxygen atoms in total. The number of fused-ring (bicyclic) bond motifs is 1. The number of halogens is 1. The van der Waals surface area contributed by atoms with Crippen molar-refractivity contribution in [3.8, 4) is 17.2 Å². The highest BCUT2D eigenvalue weighted by atomic mass is 35.5. The van der Waals surface area contributed by atoms with Gasteiger partial charge in [0.15, 0.2) is 0 Å². The van der Waals surface area contributed by atoms with Gasteiger partial charge in [0.05, 0.1) is 47.3 Å². The van der Waals surface area contributed by atoms with Crippen LogP contribution in [-0.2, 0) is 19.6 Å². The molecule has 0 radical (unpaired) electrons. The molecule has 1 unspecified atom stereocenters. The fourth-order valence-electron chi connectivity index (χ4n) is 4.44. The first-order chi connectivity index (χ1) is 16.8. The molecule has 0 saturated heterocycles. The van der Waals surface area contributed by atoms with E-state index in [1.54, 1.807) is 66.7 Å². The zero-order valence-electron chi connectivity index (χ0n) is 19.1. The van der Waals surface area contributed by atoms with Crippen molar-refractivity contribution in [2.45, 2.75) is 5.54 Å². The SMILES string of the molecule is Cn1cncc1C(N)(c1ccc(Cl)cc1)c1cc2c(-c3cccc(C#N)c3)cc(=O)n(C)c2cn1. The minimum Gasteiger partial charge on any atom is -0.335 e. The Bertz CT molecular complexity index is 1680. The normalized spacial score (nSPS) is 12.9. The van der Waals surface area contributed by atoms with Gasteiger partial charge in [-0.1, -0.05) is 35.9 Å². The van der Waals surface area contributed by atoms with Crippen LogP contribution in [0.4, 0.5) is 0 Å². The van der Waals surface area contributed by atoms with Gasteiger partial charge in [-0.15, -0.1) is 0 Å². The standard InChI is InChI=1S/C27H21ClN6O/c1-33-16-31-15-25(33)27(30,19-6-8-20(28)9-7-19)24-11-22-21(18-5-3-4-17(10-18)13-29)12-26(35)34(2)23(22)14-32-24/h3-12,14-16H,30H2,1-2H3. The molecule has 5 aromatic rings. The highest BCUT2D eigenvalue weighted by Gasteiger charge is 2.36. The average Bonchev–Trinajstić information content (AvgIpc) is 3.32. The van der Waals surface area contributed by atoms with Crippen LogP contribution < -0.4 is 11.3 Å². The Morgan fingerprint density at radius 1 is 1.06 bits per heavy atom. The summed E-state index contributed by atoms with van der Waals surface area (Å²) >= 11 is 6.16. The lowest BCUT2D eigenvalue weighted by Gasteiger charge is -2.30. The number of rotatable bonds is 4. The number of nitrogens with two attached hydrogens (primary N) is 1. The summed E-state index contributed by atoms with van der Waals surface area (Å²) < 4.78 is 3.41. The molecule has 3 aromatic heterocycles. The lowest BCUT2D eigenvalue weighted by Crippen LogP contribution is -2.41. The molecular weight excluding hydrogens is 460 g/mol. The van der Waals surface area contributed by atoms with Crippen LogP contribution in [0.15, 0.2) is 84.2 Å². The van der Waals surface area contributed by atoms with E-state index in [0.717, 1.165) is 22.2 Å². The topological polar surface area (TPSA) is 103 Å². The van der Waals surface area contributed by atoms with E-state index in [0.29, 0.717) is 27.4 Å². The zero-order valence-corrected chi connectivity index (χ0v) is 19.9. The van der Waals surface area contributed by atoms with Gasteiger partial charge in [-0.3, -0.25) is 9.78 Å². The molecule has 1 atom stereocenters. The van der Waals surface area contributed by atoms with Crippen molar-refractivity contribution in [1.82, 2.24) is 19.1 Å². The fourth-order valence-corrected chi connectivity index (χ4v) is 4.56. The molecule has 8 heteroatoms. The second kappa shape index (κ2) is 8.51. The number of nitriles is 1. The van der Waals surface area contributed by atoms with Gasteiger partial charge >= 0.3 is 0 Å². The number of aromatic nitrogens is 4. The number of nitrogens with zero attached hydrogens (tertiary/aromatic N) is 5. The van der Waals surface area contributed by atoms with Crippen LogP contribution in [0.25, 0.3) is 22.0 Å². The molecule has 0 aliphatic rings. The molecule has 5 rings (SSSR count). The fraction of sp³-hybridized carbons (Fsp3) is 0.111. The molecule has 3 heterocycles. The van der Waals surface area contributed by atoms with E-state index in [-0.39, 0.29) is 5.56 Å². The van der Waals surface area contributed by atoms with Crippen molar-refractivity contribution in [3.63, 3.8) is 0 Å². The van der Waals surface area contributed by atoms with Crippen molar-refractivity contribution in [2.75, 3.05) is 0 Å². The first kappa shape index (κ1) is 22.5. The predicted molar refractivity (Wildman–Crippen MR) is 136 cm³/mol. The number of aryl methyl sites for hydroxylation is 2. The van der Waals surface area contributed by atoms with Crippen molar-refractivity contribution < 1.29 is 0 Å². The second-order valence-electron chi connectivity index (χ2n) is 8.44. The van der Waals surface area contributed by atoms with Crippen LogP contribution in [0.3, 0.4) is 0 Å². The summed E-state index contributed by atoms with van der Waals surface area (Å²) in [6.07, 6.45) is 5.08. The maximum atomic E-state index is 12.8. The third-order valence-corrected chi connectivity index (χ3v) is 6.61. The van der Waals surface area contributed by atoms with Gasteiger partial charge in [0, 0.05) is 30.6 Å². The summed E-state index contributed by atoms with van der Waals surface area (Å²) in [7, 11) is 3.58. The smallest absolute Gasteiger partial charge is 0.251 e. The molecule has 0 bridgehead atoms. The van der Waals surface area contributed by atoms with Crippen molar-refractivity contribution in [3.05, 3.63) is 117 Å². The Labute approximate surface area is 206 Å². The first-order valence-corrected chi connectivity index (χ1v) is 11.2. The molecule has 0 amide bonds. The van der Waals surface area contributed by atoms with E-state index in [9.17, 15) is 10.1 Å². The third kappa shape index (κ3) is 3.69. The summed E-state index contributed by atoms with van der Waals surface area (Å²) in [5.41, 5.74) is 10.6. The predicted octanol–water partition coefficient (Wildman–Crippen LogP) is 4.11. The van der Waals surface area contributed by atoms with Gasteiger partial charge in [0.25, 0.3) is 5.56 Å². The van der Waals surface area contributed by atoms with Gasteiger partial charge in [-0.2, -0.15) is 5.26 Å². The molecule has 0 aliphatic heterocycles. The summed E-state index contributed by atoms with van der Waals surface area (Å²) in [6, 6.07) is 20.2. The summed E-state index contributed by atoms with van der Waals surface area (Å²) in [4.78, 5) is 21.8. The number of imidazole rings is 1.